The molecule has 0 radical (unpaired) electrons. The predicted octanol–water partition coefficient (Wildman–Crippen LogP) is 4.92. The van der Waals surface area contributed by atoms with E-state index in [-0.39, 0.29) is 6.54 Å². The first kappa shape index (κ1) is 14.8. The Morgan fingerprint density at radius 1 is 1.33 bits per heavy atom. The van der Waals surface area contributed by atoms with Crippen LogP contribution in [-0.2, 0) is 11.3 Å². The molecule has 0 fully saturated rings. The Hall–Kier alpha value is -1.08. The molecular formula is C13H7BrCl2N2O2S. The minimum atomic E-state index is -0.948. The van der Waals surface area contributed by atoms with Crippen LogP contribution in [0.15, 0.2) is 27.4 Å². The Kier molecular flexibility index (Phi) is 3.96. The quantitative estimate of drug-likeness (QED) is 0.672. The van der Waals surface area contributed by atoms with Gasteiger partial charge in [-0.1, -0.05) is 23.2 Å². The van der Waals surface area contributed by atoms with Crippen molar-refractivity contribution in [3.8, 4) is 11.4 Å². The number of rotatable bonds is 3. The largest absolute Gasteiger partial charge is 0.480 e. The molecule has 0 amide bonds. The average molecular weight is 406 g/mol. The van der Waals surface area contributed by atoms with Crippen LogP contribution in [0.4, 0.5) is 0 Å². The van der Waals surface area contributed by atoms with E-state index in [1.165, 1.54) is 11.3 Å². The molecule has 0 aliphatic carbocycles. The van der Waals surface area contributed by atoms with Gasteiger partial charge in [-0.25, -0.2) is 4.98 Å². The van der Waals surface area contributed by atoms with E-state index in [1.807, 2.05) is 11.4 Å². The van der Waals surface area contributed by atoms with Crippen molar-refractivity contribution < 1.29 is 9.90 Å². The van der Waals surface area contributed by atoms with Crippen LogP contribution in [0.2, 0.25) is 10.0 Å². The number of thiophene rings is 1. The van der Waals surface area contributed by atoms with Crippen molar-refractivity contribution in [2.24, 2.45) is 0 Å². The van der Waals surface area contributed by atoms with Crippen molar-refractivity contribution in [1.82, 2.24) is 9.55 Å². The van der Waals surface area contributed by atoms with Crippen molar-refractivity contribution in [2.45, 2.75) is 6.54 Å². The Labute approximate surface area is 142 Å². The summed E-state index contributed by atoms with van der Waals surface area (Å²) in [5, 5.41) is 11.8. The first-order valence-electron chi connectivity index (χ1n) is 5.77. The minimum Gasteiger partial charge on any atom is -0.480 e. The number of aliphatic carboxylic acids is 1. The summed E-state index contributed by atoms with van der Waals surface area (Å²) in [6.07, 6.45) is 0. The van der Waals surface area contributed by atoms with Crippen molar-refractivity contribution >= 4 is 67.5 Å². The number of benzene rings is 1. The average Bonchev–Trinajstić information content (AvgIpc) is 2.95. The number of carboxylic acid groups (broad SMARTS) is 1. The molecule has 0 saturated heterocycles. The van der Waals surface area contributed by atoms with Gasteiger partial charge in [0.15, 0.2) is 0 Å². The predicted molar refractivity (Wildman–Crippen MR) is 88.4 cm³/mol. The van der Waals surface area contributed by atoms with Gasteiger partial charge >= 0.3 is 5.97 Å². The van der Waals surface area contributed by atoms with E-state index in [0.29, 0.717) is 26.9 Å². The summed E-state index contributed by atoms with van der Waals surface area (Å²) in [5.74, 6) is -0.372. The second kappa shape index (κ2) is 5.61. The normalized spacial score (nSPS) is 11.2. The van der Waals surface area contributed by atoms with Crippen LogP contribution < -0.4 is 0 Å². The highest BCUT2D eigenvalue weighted by Crippen LogP contribution is 2.34. The number of hydrogen-bond donors (Lipinski definition) is 1. The molecule has 0 atom stereocenters. The van der Waals surface area contributed by atoms with Crippen LogP contribution in [0, 0.1) is 0 Å². The number of fused-ring (bicyclic) bond motifs is 1. The molecule has 3 aromatic rings. The maximum atomic E-state index is 11.1. The molecule has 21 heavy (non-hydrogen) atoms. The number of hydrogen-bond acceptors (Lipinski definition) is 3. The molecule has 0 saturated carbocycles. The fraction of sp³-hybridized carbons (Fsp3) is 0.0769. The van der Waals surface area contributed by atoms with Gasteiger partial charge in [-0.2, -0.15) is 0 Å². The lowest BCUT2D eigenvalue weighted by Gasteiger charge is -2.05. The topological polar surface area (TPSA) is 55.1 Å². The fourth-order valence-corrected chi connectivity index (χ4v) is 3.51. The van der Waals surface area contributed by atoms with Gasteiger partial charge in [-0.3, -0.25) is 4.79 Å². The Bertz CT molecular complexity index is 859. The Morgan fingerprint density at radius 2 is 2.05 bits per heavy atom. The third-order valence-electron chi connectivity index (χ3n) is 2.91. The highest BCUT2D eigenvalue weighted by atomic mass is 79.9. The van der Waals surface area contributed by atoms with Gasteiger partial charge in [0, 0.05) is 10.9 Å². The van der Waals surface area contributed by atoms with Gasteiger partial charge in [-0.15, -0.1) is 11.3 Å². The molecule has 0 spiro atoms. The van der Waals surface area contributed by atoms with Crippen LogP contribution >= 0.6 is 50.5 Å². The van der Waals surface area contributed by atoms with Crippen LogP contribution in [0.3, 0.4) is 0 Å². The van der Waals surface area contributed by atoms with E-state index in [0.717, 1.165) is 9.35 Å². The van der Waals surface area contributed by atoms with E-state index < -0.39 is 5.97 Å². The lowest BCUT2D eigenvalue weighted by Crippen LogP contribution is -2.09. The summed E-state index contributed by atoms with van der Waals surface area (Å²) in [7, 11) is 0. The summed E-state index contributed by atoms with van der Waals surface area (Å²) >= 11 is 16.9. The Morgan fingerprint density at radius 3 is 2.67 bits per heavy atom. The maximum absolute atomic E-state index is 11.1. The van der Waals surface area contributed by atoms with E-state index >= 15 is 0 Å². The van der Waals surface area contributed by atoms with Gasteiger partial charge in [-0.05, 0) is 34.1 Å². The van der Waals surface area contributed by atoms with Gasteiger partial charge in [0.05, 0.1) is 24.9 Å². The zero-order valence-corrected chi connectivity index (χ0v) is 14.2. The molecule has 2 aromatic heterocycles. The lowest BCUT2D eigenvalue weighted by atomic mass is 10.3. The highest BCUT2D eigenvalue weighted by molar-refractivity contribution is 9.11. The molecule has 0 aliphatic heterocycles. The molecule has 108 valence electrons. The van der Waals surface area contributed by atoms with Crippen molar-refractivity contribution in [3.63, 3.8) is 0 Å². The highest BCUT2D eigenvalue weighted by Gasteiger charge is 2.17. The number of carbonyl (C=O) groups is 1. The van der Waals surface area contributed by atoms with Gasteiger partial charge < -0.3 is 9.67 Å². The third kappa shape index (κ3) is 2.81. The summed E-state index contributed by atoms with van der Waals surface area (Å²) in [5.41, 5.74) is 2.10. The van der Waals surface area contributed by atoms with E-state index in [2.05, 4.69) is 20.9 Å². The van der Waals surface area contributed by atoms with Crippen molar-refractivity contribution in [2.75, 3.05) is 0 Å². The SMILES string of the molecule is O=C(O)Cn1c(-c2csc(Br)c2)nc2cc(Cl)c(Cl)cc21. The number of nitrogens with zero attached hydrogens (tertiary/aromatic N) is 2. The van der Waals surface area contributed by atoms with Gasteiger partial charge in [0.25, 0.3) is 0 Å². The summed E-state index contributed by atoms with van der Waals surface area (Å²) in [6, 6.07) is 5.18. The Balaban J connectivity index is 2.29. The number of carboxylic acids is 1. The van der Waals surface area contributed by atoms with Crippen molar-refractivity contribution in [3.05, 3.63) is 37.4 Å². The molecule has 0 aliphatic rings. The lowest BCUT2D eigenvalue weighted by molar-refractivity contribution is -0.137. The first-order valence-corrected chi connectivity index (χ1v) is 8.20. The van der Waals surface area contributed by atoms with E-state index in [9.17, 15) is 4.79 Å². The molecule has 4 nitrogen and oxygen atoms in total. The van der Waals surface area contributed by atoms with Crippen LogP contribution in [0.25, 0.3) is 22.4 Å². The third-order valence-corrected chi connectivity index (χ3v) is 5.14. The molecule has 8 heteroatoms. The standard InChI is InChI=1S/C13H7BrCl2N2O2S/c14-11-1-6(5-21-11)13-17-9-2-7(15)8(16)3-10(9)18(13)4-12(19)20/h1-3,5H,4H2,(H,19,20). The number of halogens is 3. The molecule has 3 rings (SSSR count). The fourth-order valence-electron chi connectivity index (χ4n) is 2.06. The van der Waals surface area contributed by atoms with Crippen LogP contribution in [-0.4, -0.2) is 20.6 Å². The van der Waals surface area contributed by atoms with Crippen molar-refractivity contribution in [1.29, 1.82) is 0 Å². The molecular weight excluding hydrogens is 399 g/mol. The van der Waals surface area contributed by atoms with E-state index in [1.54, 1.807) is 16.7 Å². The van der Waals surface area contributed by atoms with Crippen LogP contribution in [0.1, 0.15) is 0 Å². The molecule has 0 unspecified atom stereocenters. The smallest absolute Gasteiger partial charge is 0.323 e. The number of aromatic nitrogens is 2. The monoisotopic (exact) mass is 404 g/mol. The second-order valence-electron chi connectivity index (χ2n) is 4.31. The summed E-state index contributed by atoms with van der Waals surface area (Å²) in [4.78, 5) is 15.6. The maximum Gasteiger partial charge on any atom is 0.323 e. The molecule has 1 aromatic carbocycles. The summed E-state index contributed by atoms with van der Waals surface area (Å²) in [6.45, 7) is -0.197. The number of imidazole rings is 1. The zero-order valence-electron chi connectivity index (χ0n) is 10.3. The molecule has 2 heterocycles. The molecule has 0 bridgehead atoms. The van der Waals surface area contributed by atoms with Gasteiger partial charge in [0.2, 0.25) is 0 Å². The zero-order chi connectivity index (χ0) is 15.1. The summed E-state index contributed by atoms with van der Waals surface area (Å²) < 4.78 is 2.57. The first-order chi connectivity index (χ1) is 9.95. The van der Waals surface area contributed by atoms with Gasteiger partial charge in [0.1, 0.15) is 12.4 Å². The van der Waals surface area contributed by atoms with E-state index in [4.69, 9.17) is 28.3 Å². The molecule has 1 N–H and O–H groups in total. The minimum absolute atomic E-state index is 0.197. The van der Waals surface area contributed by atoms with Crippen LogP contribution in [0.5, 0.6) is 0 Å². The second-order valence-corrected chi connectivity index (χ2v) is 7.41.